The summed E-state index contributed by atoms with van der Waals surface area (Å²) in [5, 5.41) is 4.52. The number of rotatable bonds is 4. The van der Waals surface area contributed by atoms with E-state index in [1.54, 1.807) is 12.1 Å². The van der Waals surface area contributed by atoms with Gasteiger partial charge in [-0.25, -0.2) is 25.5 Å². The number of hydrogen-bond acceptors (Lipinski definition) is 5. The Morgan fingerprint density at radius 1 is 1.00 bits per heavy atom. The van der Waals surface area contributed by atoms with Crippen LogP contribution >= 0.6 is 0 Å². The molecule has 31 heavy (non-hydrogen) atoms. The third-order valence-electron chi connectivity index (χ3n) is 3.86. The van der Waals surface area contributed by atoms with Crippen molar-refractivity contribution in [2.75, 3.05) is 5.01 Å². The zero-order valence-electron chi connectivity index (χ0n) is 15.3. The summed E-state index contributed by atoms with van der Waals surface area (Å²) in [5.41, 5.74) is -3.48. The summed E-state index contributed by atoms with van der Waals surface area (Å²) >= 11 is 0. The first-order valence-corrected chi connectivity index (χ1v) is 8.34. The number of carbonyl (C=O) groups excluding carboxylic acids is 1. The van der Waals surface area contributed by atoms with Gasteiger partial charge in [0.25, 0.3) is 5.91 Å². The molecule has 2 aromatic heterocycles. The van der Waals surface area contributed by atoms with Gasteiger partial charge in [-0.2, -0.15) is 26.3 Å². The topological polar surface area (TPSA) is 89.9 Å². The van der Waals surface area contributed by atoms with Crippen LogP contribution < -0.4 is 10.9 Å². The lowest BCUT2D eigenvalue weighted by Gasteiger charge is -2.13. The molecule has 1 aromatic carbocycles. The standard InChI is InChI=1S/C18H12F6N6O/c19-17(20,21)12-7-11(8-13(9-12)18(22,23)24)16-27-10-29(28-16)6-4-15(31)30(25)14-3-1-2-5-26-14/h1-10H,25H2/b6-4-. The normalized spacial score (nSPS) is 12.4. The lowest BCUT2D eigenvalue weighted by atomic mass is 10.0. The minimum atomic E-state index is -5.00. The summed E-state index contributed by atoms with van der Waals surface area (Å²) in [6.45, 7) is 0. The summed E-state index contributed by atoms with van der Waals surface area (Å²) in [6.07, 6.45) is -5.52. The van der Waals surface area contributed by atoms with Gasteiger partial charge in [-0.3, -0.25) is 4.79 Å². The molecule has 0 saturated heterocycles. The second-order valence-corrected chi connectivity index (χ2v) is 6.05. The van der Waals surface area contributed by atoms with E-state index in [2.05, 4.69) is 15.1 Å². The number of alkyl halides is 6. The number of aromatic nitrogens is 4. The van der Waals surface area contributed by atoms with Gasteiger partial charge in [0.15, 0.2) is 5.82 Å². The number of nitrogens with zero attached hydrogens (tertiary/aromatic N) is 5. The second-order valence-electron chi connectivity index (χ2n) is 6.05. The second kappa shape index (κ2) is 8.18. The Morgan fingerprint density at radius 2 is 1.65 bits per heavy atom. The van der Waals surface area contributed by atoms with Gasteiger partial charge >= 0.3 is 12.4 Å². The highest BCUT2D eigenvalue weighted by molar-refractivity contribution is 6.01. The molecule has 0 aliphatic rings. The molecule has 0 spiro atoms. The summed E-state index contributed by atoms with van der Waals surface area (Å²) in [7, 11) is 0. The maximum absolute atomic E-state index is 13.0. The Labute approximate surface area is 170 Å². The molecule has 0 aliphatic heterocycles. The van der Waals surface area contributed by atoms with E-state index in [1.165, 1.54) is 12.3 Å². The number of nitrogens with two attached hydrogens (primary N) is 1. The summed E-state index contributed by atoms with van der Waals surface area (Å²) in [6, 6.07) is 5.72. The Kier molecular flexibility index (Phi) is 5.79. The monoisotopic (exact) mass is 442 g/mol. The molecule has 162 valence electrons. The van der Waals surface area contributed by atoms with Crippen molar-refractivity contribution in [3.05, 3.63) is 66.1 Å². The summed E-state index contributed by atoms with van der Waals surface area (Å²) < 4.78 is 78.9. The van der Waals surface area contributed by atoms with Gasteiger partial charge in [0.2, 0.25) is 0 Å². The quantitative estimate of drug-likeness (QED) is 0.219. The van der Waals surface area contributed by atoms with Crippen LogP contribution in [0.4, 0.5) is 32.2 Å². The van der Waals surface area contributed by atoms with E-state index in [9.17, 15) is 31.1 Å². The van der Waals surface area contributed by atoms with E-state index in [0.29, 0.717) is 12.1 Å². The summed E-state index contributed by atoms with van der Waals surface area (Å²) in [5.74, 6) is 4.66. The smallest absolute Gasteiger partial charge is 0.268 e. The van der Waals surface area contributed by atoms with Crippen LogP contribution in [0.3, 0.4) is 0 Å². The number of carbonyl (C=O) groups is 1. The highest BCUT2D eigenvalue weighted by Gasteiger charge is 2.37. The van der Waals surface area contributed by atoms with Crippen LogP contribution in [0.1, 0.15) is 11.1 Å². The fourth-order valence-corrected chi connectivity index (χ4v) is 2.39. The number of hydrazine groups is 1. The number of anilines is 1. The molecule has 2 heterocycles. The Hall–Kier alpha value is -3.74. The molecular weight excluding hydrogens is 430 g/mol. The molecule has 0 fully saturated rings. The molecule has 2 N–H and O–H groups in total. The Bertz CT molecular complexity index is 1070. The predicted octanol–water partition coefficient (Wildman–Crippen LogP) is 3.76. The van der Waals surface area contributed by atoms with Gasteiger partial charge in [-0.1, -0.05) is 6.07 Å². The lowest BCUT2D eigenvalue weighted by Crippen LogP contribution is -2.36. The van der Waals surface area contributed by atoms with Crippen molar-refractivity contribution in [2.24, 2.45) is 5.84 Å². The molecule has 3 rings (SSSR count). The van der Waals surface area contributed by atoms with Crippen molar-refractivity contribution in [2.45, 2.75) is 12.4 Å². The molecule has 0 saturated carbocycles. The minimum absolute atomic E-state index is 0.00646. The highest BCUT2D eigenvalue weighted by Crippen LogP contribution is 2.38. The third-order valence-corrected chi connectivity index (χ3v) is 3.86. The maximum atomic E-state index is 13.0. The number of hydrogen-bond donors (Lipinski definition) is 1. The predicted molar refractivity (Wildman–Crippen MR) is 96.7 cm³/mol. The van der Waals surface area contributed by atoms with Crippen LogP contribution in [-0.2, 0) is 17.1 Å². The van der Waals surface area contributed by atoms with E-state index in [-0.39, 0.29) is 11.9 Å². The van der Waals surface area contributed by atoms with Crippen molar-refractivity contribution < 1.29 is 31.1 Å². The molecule has 0 atom stereocenters. The van der Waals surface area contributed by atoms with Crippen molar-refractivity contribution in [3.63, 3.8) is 0 Å². The molecule has 0 bridgehead atoms. The first kappa shape index (κ1) is 22.0. The van der Waals surface area contributed by atoms with E-state index >= 15 is 0 Å². The Balaban J connectivity index is 1.86. The molecule has 0 radical (unpaired) electrons. The van der Waals surface area contributed by atoms with Crippen LogP contribution in [0.2, 0.25) is 0 Å². The van der Waals surface area contributed by atoms with Gasteiger partial charge < -0.3 is 0 Å². The number of amides is 1. The van der Waals surface area contributed by atoms with E-state index in [4.69, 9.17) is 5.84 Å². The van der Waals surface area contributed by atoms with Crippen molar-refractivity contribution in [1.82, 2.24) is 19.7 Å². The van der Waals surface area contributed by atoms with Crippen molar-refractivity contribution in [3.8, 4) is 11.4 Å². The zero-order chi connectivity index (χ0) is 22.8. The van der Waals surface area contributed by atoms with Gasteiger partial charge in [0, 0.05) is 24.0 Å². The van der Waals surface area contributed by atoms with Gasteiger partial charge in [-0.05, 0) is 30.3 Å². The molecule has 0 aliphatic carbocycles. The van der Waals surface area contributed by atoms with E-state index in [0.717, 1.165) is 28.3 Å². The molecule has 0 unspecified atom stereocenters. The van der Waals surface area contributed by atoms with E-state index < -0.39 is 40.8 Å². The first-order valence-electron chi connectivity index (χ1n) is 8.34. The zero-order valence-corrected chi connectivity index (χ0v) is 15.3. The average Bonchev–Trinajstić information content (AvgIpc) is 3.19. The van der Waals surface area contributed by atoms with Gasteiger partial charge in [0.1, 0.15) is 12.1 Å². The fraction of sp³-hybridized carbons (Fsp3) is 0.111. The third kappa shape index (κ3) is 5.25. The molecule has 3 aromatic rings. The molecule has 13 heteroatoms. The van der Waals surface area contributed by atoms with Crippen LogP contribution in [-0.4, -0.2) is 25.7 Å². The van der Waals surface area contributed by atoms with Crippen molar-refractivity contribution >= 4 is 17.9 Å². The van der Waals surface area contributed by atoms with Crippen LogP contribution in [0.25, 0.3) is 17.6 Å². The van der Waals surface area contributed by atoms with Crippen LogP contribution in [0.5, 0.6) is 0 Å². The molecule has 1 amide bonds. The fourth-order valence-electron chi connectivity index (χ4n) is 2.39. The lowest BCUT2D eigenvalue weighted by molar-refractivity contribution is -0.143. The van der Waals surface area contributed by atoms with E-state index in [1.807, 2.05) is 0 Å². The number of benzene rings is 1. The molecule has 7 nitrogen and oxygen atoms in total. The summed E-state index contributed by atoms with van der Waals surface area (Å²) in [4.78, 5) is 19.7. The van der Waals surface area contributed by atoms with Gasteiger partial charge in [-0.15, -0.1) is 5.10 Å². The van der Waals surface area contributed by atoms with Crippen LogP contribution in [0, 0.1) is 0 Å². The minimum Gasteiger partial charge on any atom is -0.268 e. The first-order chi connectivity index (χ1) is 14.4. The van der Waals surface area contributed by atoms with Crippen LogP contribution in [0.15, 0.2) is 55.0 Å². The highest BCUT2D eigenvalue weighted by atomic mass is 19.4. The number of halogens is 6. The molecular formula is C18H12F6N6O. The maximum Gasteiger partial charge on any atom is 0.416 e. The average molecular weight is 442 g/mol. The number of pyridine rings is 1. The largest absolute Gasteiger partial charge is 0.416 e. The van der Waals surface area contributed by atoms with Gasteiger partial charge in [0.05, 0.1) is 11.1 Å². The Morgan fingerprint density at radius 3 is 2.19 bits per heavy atom. The van der Waals surface area contributed by atoms with Crippen molar-refractivity contribution in [1.29, 1.82) is 0 Å². The SMILES string of the molecule is NN(C(=O)/C=C\n1cnc(-c2cc(C(F)(F)F)cc(C(F)(F)F)c2)n1)c1ccccn1.